The van der Waals surface area contributed by atoms with E-state index in [1.165, 1.54) is 0 Å². The third-order valence-corrected chi connectivity index (χ3v) is 4.92. The monoisotopic (exact) mass is 353 g/mol. The molecule has 5 heteroatoms. The molecule has 0 spiro atoms. The average Bonchev–Trinajstić information content (AvgIpc) is 2.47. The summed E-state index contributed by atoms with van der Waals surface area (Å²) in [6, 6.07) is 14.7. The Bertz CT molecular complexity index is 601. The van der Waals surface area contributed by atoms with Crippen molar-refractivity contribution in [2.75, 3.05) is 12.9 Å². The fraction of sp³-hybridized carbons (Fsp3) is 0.200. The molecule has 2 N–H and O–H groups in total. The number of hydrogen-bond donors (Lipinski definition) is 1. The Morgan fingerprint density at radius 2 is 1.95 bits per heavy atom. The average molecular weight is 354 g/mol. The normalized spacial score (nSPS) is 13.8. The summed E-state index contributed by atoms with van der Waals surface area (Å²) in [5.74, 6) is 1.14. The Morgan fingerprint density at radius 1 is 1.25 bits per heavy atom. The van der Waals surface area contributed by atoms with Gasteiger partial charge in [-0.3, -0.25) is 4.21 Å². The van der Waals surface area contributed by atoms with Gasteiger partial charge in [0.05, 0.1) is 17.9 Å². The van der Waals surface area contributed by atoms with Crippen molar-refractivity contribution >= 4 is 26.7 Å². The van der Waals surface area contributed by atoms with Gasteiger partial charge in [-0.05, 0) is 42.0 Å². The number of benzene rings is 2. The third kappa shape index (κ3) is 3.91. The van der Waals surface area contributed by atoms with E-state index in [9.17, 15) is 4.21 Å². The van der Waals surface area contributed by atoms with E-state index < -0.39 is 10.8 Å². The molecule has 0 aliphatic rings. The molecule has 0 fully saturated rings. The lowest BCUT2D eigenvalue weighted by Gasteiger charge is -2.13. The summed E-state index contributed by atoms with van der Waals surface area (Å²) in [4.78, 5) is 0.784. The number of hydrogen-bond acceptors (Lipinski definition) is 3. The van der Waals surface area contributed by atoms with E-state index in [0.29, 0.717) is 5.75 Å². The topological polar surface area (TPSA) is 52.3 Å². The fourth-order valence-electron chi connectivity index (χ4n) is 1.81. The molecule has 0 heterocycles. The number of ether oxygens (including phenoxy) is 1. The summed E-state index contributed by atoms with van der Waals surface area (Å²) in [6.07, 6.45) is 0. The highest BCUT2D eigenvalue weighted by Crippen LogP contribution is 2.20. The standard InChI is InChI=1S/C15H16BrNO2S/c1-19-13-4-2-3-11(9-13)15(17)10-20(18)14-7-5-12(16)6-8-14/h2-9,15H,10,17H2,1H3. The minimum atomic E-state index is -1.12. The van der Waals surface area contributed by atoms with Crippen LogP contribution >= 0.6 is 15.9 Å². The van der Waals surface area contributed by atoms with Crippen molar-refractivity contribution < 1.29 is 8.95 Å². The van der Waals surface area contributed by atoms with Gasteiger partial charge >= 0.3 is 0 Å². The predicted octanol–water partition coefficient (Wildman–Crippen LogP) is 3.27. The lowest BCUT2D eigenvalue weighted by Crippen LogP contribution is -2.18. The second-order valence-electron chi connectivity index (χ2n) is 4.35. The Hall–Kier alpha value is -1.17. The molecule has 2 aromatic carbocycles. The lowest BCUT2D eigenvalue weighted by molar-refractivity contribution is 0.414. The first-order chi connectivity index (χ1) is 9.60. The molecule has 2 rings (SSSR count). The molecular weight excluding hydrogens is 338 g/mol. The molecule has 0 aromatic heterocycles. The van der Waals surface area contributed by atoms with Crippen LogP contribution in [0, 0.1) is 0 Å². The van der Waals surface area contributed by atoms with Crippen LogP contribution in [-0.2, 0) is 10.8 Å². The molecule has 20 heavy (non-hydrogen) atoms. The summed E-state index contributed by atoms with van der Waals surface area (Å²) in [5.41, 5.74) is 7.05. The van der Waals surface area contributed by atoms with Crippen molar-refractivity contribution in [3.63, 3.8) is 0 Å². The molecule has 106 valence electrons. The van der Waals surface area contributed by atoms with E-state index in [1.807, 2.05) is 48.5 Å². The molecule has 0 radical (unpaired) electrons. The largest absolute Gasteiger partial charge is 0.497 e. The third-order valence-electron chi connectivity index (χ3n) is 2.93. The first kappa shape index (κ1) is 15.2. The number of halogens is 1. The second kappa shape index (κ2) is 7.02. The van der Waals surface area contributed by atoms with Gasteiger partial charge in [0, 0.05) is 21.2 Å². The highest BCUT2D eigenvalue weighted by Gasteiger charge is 2.12. The van der Waals surface area contributed by atoms with E-state index in [-0.39, 0.29) is 6.04 Å². The molecule has 0 saturated heterocycles. The Morgan fingerprint density at radius 3 is 2.60 bits per heavy atom. The van der Waals surface area contributed by atoms with Gasteiger partial charge in [-0.2, -0.15) is 0 Å². The van der Waals surface area contributed by atoms with Crippen LogP contribution in [0.4, 0.5) is 0 Å². The van der Waals surface area contributed by atoms with E-state index >= 15 is 0 Å². The molecule has 2 aromatic rings. The summed E-state index contributed by atoms with van der Waals surface area (Å²) in [5, 5.41) is 0. The van der Waals surface area contributed by atoms with Crippen LogP contribution in [0.3, 0.4) is 0 Å². The number of methoxy groups -OCH3 is 1. The predicted molar refractivity (Wildman–Crippen MR) is 85.3 cm³/mol. The van der Waals surface area contributed by atoms with Crippen molar-refractivity contribution in [1.29, 1.82) is 0 Å². The first-order valence-electron chi connectivity index (χ1n) is 6.13. The minimum absolute atomic E-state index is 0.283. The second-order valence-corrected chi connectivity index (χ2v) is 6.76. The smallest absolute Gasteiger partial charge is 0.119 e. The maximum absolute atomic E-state index is 12.3. The van der Waals surface area contributed by atoms with Crippen LogP contribution in [0.5, 0.6) is 5.75 Å². The molecule has 0 aliphatic heterocycles. The quantitative estimate of drug-likeness (QED) is 0.897. The van der Waals surface area contributed by atoms with Crippen molar-refractivity contribution in [3.05, 3.63) is 58.6 Å². The maximum Gasteiger partial charge on any atom is 0.119 e. The Kier molecular flexibility index (Phi) is 5.34. The zero-order valence-corrected chi connectivity index (χ0v) is 13.5. The van der Waals surface area contributed by atoms with Gasteiger partial charge < -0.3 is 10.5 Å². The van der Waals surface area contributed by atoms with Gasteiger partial charge in [0.25, 0.3) is 0 Å². The molecule has 0 aliphatic carbocycles. The van der Waals surface area contributed by atoms with Gasteiger partial charge in [-0.25, -0.2) is 0 Å². The maximum atomic E-state index is 12.3. The van der Waals surface area contributed by atoms with Crippen molar-refractivity contribution in [1.82, 2.24) is 0 Å². The molecule has 3 nitrogen and oxygen atoms in total. The van der Waals surface area contributed by atoms with Crippen LogP contribution in [0.1, 0.15) is 11.6 Å². The van der Waals surface area contributed by atoms with E-state index in [4.69, 9.17) is 10.5 Å². The molecular formula is C15H16BrNO2S. The lowest BCUT2D eigenvalue weighted by atomic mass is 10.1. The molecule has 0 amide bonds. The summed E-state index contributed by atoms with van der Waals surface area (Å²) < 4.78 is 18.4. The van der Waals surface area contributed by atoms with Crippen molar-refractivity contribution in [3.8, 4) is 5.75 Å². The molecule has 2 atom stereocenters. The van der Waals surface area contributed by atoms with Gasteiger partial charge in [-0.15, -0.1) is 0 Å². The SMILES string of the molecule is COc1cccc(C(N)CS(=O)c2ccc(Br)cc2)c1. The van der Waals surface area contributed by atoms with Gasteiger partial charge in [0.15, 0.2) is 0 Å². The first-order valence-corrected chi connectivity index (χ1v) is 8.25. The van der Waals surface area contributed by atoms with Gasteiger partial charge in [0.1, 0.15) is 5.75 Å². The van der Waals surface area contributed by atoms with Crippen LogP contribution in [0.2, 0.25) is 0 Å². The van der Waals surface area contributed by atoms with Crippen LogP contribution < -0.4 is 10.5 Å². The van der Waals surface area contributed by atoms with Crippen LogP contribution in [0.15, 0.2) is 57.9 Å². The van der Waals surface area contributed by atoms with Crippen LogP contribution in [-0.4, -0.2) is 17.1 Å². The van der Waals surface area contributed by atoms with Crippen molar-refractivity contribution in [2.45, 2.75) is 10.9 Å². The summed E-state index contributed by atoms with van der Waals surface area (Å²) >= 11 is 3.36. The zero-order valence-electron chi connectivity index (χ0n) is 11.1. The van der Waals surface area contributed by atoms with E-state index in [2.05, 4.69) is 15.9 Å². The Balaban J connectivity index is 2.08. The van der Waals surface area contributed by atoms with Gasteiger partial charge in [-0.1, -0.05) is 28.1 Å². The van der Waals surface area contributed by atoms with Gasteiger partial charge in [0.2, 0.25) is 0 Å². The number of rotatable bonds is 5. The highest BCUT2D eigenvalue weighted by atomic mass is 79.9. The molecule has 0 bridgehead atoms. The molecule has 0 saturated carbocycles. The molecule has 2 unspecified atom stereocenters. The summed E-state index contributed by atoms with van der Waals surface area (Å²) in [6.45, 7) is 0. The highest BCUT2D eigenvalue weighted by molar-refractivity contribution is 9.10. The minimum Gasteiger partial charge on any atom is -0.497 e. The zero-order chi connectivity index (χ0) is 14.5. The van der Waals surface area contributed by atoms with Crippen molar-refractivity contribution in [2.24, 2.45) is 5.73 Å². The van der Waals surface area contributed by atoms with Crippen LogP contribution in [0.25, 0.3) is 0 Å². The van der Waals surface area contributed by atoms with E-state index in [1.54, 1.807) is 7.11 Å². The Labute approximate surface area is 129 Å². The van der Waals surface area contributed by atoms with E-state index in [0.717, 1.165) is 20.7 Å². The number of nitrogens with two attached hydrogens (primary N) is 1. The summed E-state index contributed by atoms with van der Waals surface area (Å²) in [7, 11) is 0.498. The fourth-order valence-corrected chi connectivity index (χ4v) is 3.23.